The number of hydrogen-bond donors (Lipinski definition) is 2. The molecule has 2 amide bonds. The number of rotatable bonds is 5. The number of pyridine rings is 1. The summed E-state index contributed by atoms with van der Waals surface area (Å²) in [5.41, 5.74) is 3.54. The molecule has 1 aromatic carbocycles. The summed E-state index contributed by atoms with van der Waals surface area (Å²) in [5.74, 6) is 0.203. The normalized spacial score (nSPS) is 12.8. The van der Waals surface area contributed by atoms with Crippen molar-refractivity contribution in [3.05, 3.63) is 76.7 Å². The first kappa shape index (κ1) is 21.0. The van der Waals surface area contributed by atoms with E-state index in [9.17, 15) is 9.59 Å². The van der Waals surface area contributed by atoms with Crippen LogP contribution in [0.15, 0.2) is 55.1 Å². The first-order valence-electron chi connectivity index (χ1n) is 10.7. The van der Waals surface area contributed by atoms with E-state index in [0.29, 0.717) is 27.6 Å². The zero-order chi connectivity index (χ0) is 22.8. The molecule has 8 nitrogen and oxygen atoms in total. The lowest BCUT2D eigenvalue weighted by atomic mass is 9.95. The lowest BCUT2D eigenvalue weighted by Gasteiger charge is -2.14. The van der Waals surface area contributed by atoms with Crippen LogP contribution in [0.25, 0.3) is 11.4 Å². The zero-order valence-corrected chi connectivity index (χ0v) is 18.9. The van der Waals surface area contributed by atoms with Crippen molar-refractivity contribution < 1.29 is 9.59 Å². The van der Waals surface area contributed by atoms with Crippen molar-refractivity contribution in [2.75, 3.05) is 10.6 Å². The maximum atomic E-state index is 13.4. The van der Waals surface area contributed by atoms with Gasteiger partial charge in [-0.05, 0) is 55.5 Å². The van der Waals surface area contributed by atoms with E-state index in [2.05, 4.69) is 25.8 Å². The molecular weight excluding hydrogens is 436 g/mol. The van der Waals surface area contributed by atoms with Crippen LogP contribution in [0.3, 0.4) is 0 Å². The molecular formula is C24H22N6O2S. The summed E-state index contributed by atoms with van der Waals surface area (Å²) in [6.07, 6.45) is 8.64. The van der Waals surface area contributed by atoms with Gasteiger partial charge < -0.3 is 15.2 Å². The Labute approximate surface area is 194 Å². The van der Waals surface area contributed by atoms with Crippen LogP contribution < -0.4 is 10.6 Å². The van der Waals surface area contributed by atoms with Gasteiger partial charge in [-0.2, -0.15) is 0 Å². The highest BCUT2D eigenvalue weighted by molar-refractivity contribution is 7.17. The third-order valence-electron chi connectivity index (χ3n) is 5.64. The fourth-order valence-corrected chi connectivity index (χ4v) is 5.32. The lowest BCUT2D eigenvalue weighted by molar-refractivity contribution is 0.102. The van der Waals surface area contributed by atoms with Gasteiger partial charge in [-0.3, -0.25) is 14.6 Å². The van der Waals surface area contributed by atoms with E-state index in [1.165, 1.54) is 22.4 Å². The van der Waals surface area contributed by atoms with Crippen molar-refractivity contribution in [2.24, 2.45) is 7.05 Å². The highest BCUT2D eigenvalue weighted by Crippen LogP contribution is 2.39. The Bertz CT molecular complexity index is 1330. The number of benzene rings is 1. The summed E-state index contributed by atoms with van der Waals surface area (Å²) in [6.45, 7) is 0. The third kappa shape index (κ3) is 4.27. The molecule has 0 saturated carbocycles. The Kier molecular flexibility index (Phi) is 5.70. The van der Waals surface area contributed by atoms with Crippen molar-refractivity contribution in [2.45, 2.75) is 25.7 Å². The van der Waals surface area contributed by atoms with Gasteiger partial charge in [0.25, 0.3) is 11.8 Å². The van der Waals surface area contributed by atoms with E-state index in [-0.39, 0.29) is 11.8 Å². The van der Waals surface area contributed by atoms with Crippen molar-refractivity contribution in [3.63, 3.8) is 0 Å². The van der Waals surface area contributed by atoms with Crippen molar-refractivity contribution in [1.29, 1.82) is 0 Å². The average Bonchev–Trinajstić information content (AvgIpc) is 3.42. The van der Waals surface area contributed by atoms with E-state index in [4.69, 9.17) is 0 Å². The number of aromatic nitrogens is 4. The number of carbonyl (C=O) groups excluding carboxylic acids is 2. The maximum absolute atomic E-state index is 13.4. The minimum atomic E-state index is -0.278. The van der Waals surface area contributed by atoms with Crippen molar-refractivity contribution in [3.8, 4) is 11.4 Å². The number of carbonyl (C=O) groups is 2. The molecule has 0 fully saturated rings. The van der Waals surface area contributed by atoms with E-state index in [1.54, 1.807) is 24.7 Å². The summed E-state index contributed by atoms with van der Waals surface area (Å²) >= 11 is 1.49. The van der Waals surface area contributed by atoms with Gasteiger partial charge in [0.05, 0.1) is 11.1 Å². The largest absolute Gasteiger partial charge is 0.322 e. The number of thiophene rings is 1. The standard InChI is InChI=1S/C24H22N6O2S/c1-30-14-26-29-21(30)15-6-4-8-17(12-15)27-23(32)20-18-9-2-3-10-19(18)33-24(20)28-22(31)16-7-5-11-25-13-16/h4-8,11-14H,2-3,9-10H2,1H3,(H,27,32)(H,28,31). The van der Waals surface area contributed by atoms with Gasteiger partial charge >= 0.3 is 0 Å². The molecule has 1 aliphatic rings. The fourth-order valence-electron chi connectivity index (χ4n) is 4.04. The second kappa shape index (κ2) is 8.95. The molecule has 0 unspecified atom stereocenters. The molecule has 0 aliphatic heterocycles. The third-order valence-corrected chi connectivity index (χ3v) is 6.85. The molecule has 0 saturated heterocycles. The minimum Gasteiger partial charge on any atom is -0.322 e. The van der Waals surface area contributed by atoms with Crippen molar-refractivity contribution in [1.82, 2.24) is 19.7 Å². The van der Waals surface area contributed by atoms with Crippen LogP contribution in [0, 0.1) is 0 Å². The van der Waals surface area contributed by atoms with Gasteiger partial charge in [-0.15, -0.1) is 21.5 Å². The molecule has 33 heavy (non-hydrogen) atoms. The van der Waals surface area contributed by atoms with Crippen LogP contribution in [-0.2, 0) is 19.9 Å². The summed E-state index contributed by atoms with van der Waals surface area (Å²) in [4.78, 5) is 31.4. The van der Waals surface area contributed by atoms with Gasteiger partial charge in [0, 0.05) is 35.6 Å². The van der Waals surface area contributed by atoms with Crippen molar-refractivity contribution >= 4 is 33.8 Å². The van der Waals surface area contributed by atoms with Crippen LogP contribution in [-0.4, -0.2) is 31.6 Å². The summed E-state index contributed by atoms with van der Waals surface area (Å²) in [6, 6.07) is 10.9. The molecule has 3 aromatic heterocycles. The molecule has 9 heteroatoms. The first-order chi connectivity index (χ1) is 16.1. The van der Waals surface area contributed by atoms with Crippen LogP contribution in [0.2, 0.25) is 0 Å². The van der Waals surface area contributed by atoms with Gasteiger partial charge in [0.1, 0.15) is 11.3 Å². The van der Waals surface area contributed by atoms with E-state index < -0.39 is 0 Å². The molecule has 0 radical (unpaired) electrons. The molecule has 0 bridgehead atoms. The summed E-state index contributed by atoms with van der Waals surface area (Å²) < 4.78 is 1.82. The fraction of sp³-hybridized carbons (Fsp3) is 0.208. The van der Waals surface area contributed by atoms with E-state index in [0.717, 1.165) is 36.8 Å². The monoisotopic (exact) mass is 458 g/mol. The molecule has 166 valence electrons. The first-order valence-corrected chi connectivity index (χ1v) is 11.5. The highest BCUT2D eigenvalue weighted by atomic mass is 32.1. The van der Waals surface area contributed by atoms with Gasteiger partial charge in [-0.25, -0.2) is 0 Å². The van der Waals surface area contributed by atoms with Crippen LogP contribution in [0.1, 0.15) is 44.0 Å². The Hall–Kier alpha value is -3.85. The maximum Gasteiger partial charge on any atom is 0.258 e. The number of hydrogen-bond acceptors (Lipinski definition) is 6. The Morgan fingerprint density at radius 3 is 2.73 bits per heavy atom. The lowest BCUT2D eigenvalue weighted by Crippen LogP contribution is -2.18. The zero-order valence-electron chi connectivity index (χ0n) is 18.0. The quantitative estimate of drug-likeness (QED) is 0.464. The highest BCUT2D eigenvalue weighted by Gasteiger charge is 2.27. The average molecular weight is 459 g/mol. The number of amides is 2. The molecule has 2 N–H and O–H groups in total. The Morgan fingerprint density at radius 2 is 1.94 bits per heavy atom. The number of anilines is 2. The second-order valence-corrected chi connectivity index (χ2v) is 9.02. The Balaban J connectivity index is 1.45. The van der Waals surface area contributed by atoms with Crippen LogP contribution in [0.4, 0.5) is 10.7 Å². The molecule has 0 spiro atoms. The summed E-state index contributed by atoms with van der Waals surface area (Å²) in [7, 11) is 1.87. The summed E-state index contributed by atoms with van der Waals surface area (Å²) in [5, 5.41) is 14.6. The van der Waals surface area contributed by atoms with E-state index in [1.807, 2.05) is 35.9 Å². The van der Waals surface area contributed by atoms with E-state index >= 15 is 0 Å². The smallest absolute Gasteiger partial charge is 0.258 e. The topological polar surface area (TPSA) is 102 Å². The molecule has 3 heterocycles. The van der Waals surface area contributed by atoms with Crippen LogP contribution in [0.5, 0.6) is 0 Å². The predicted octanol–water partition coefficient (Wildman–Crippen LogP) is 4.32. The number of nitrogens with one attached hydrogen (secondary N) is 2. The number of nitrogens with zero attached hydrogens (tertiary/aromatic N) is 4. The SMILES string of the molecule is Cn1cnnc1-c1cccc(NC(=O)c2c(NC(=O)c3cccnc3)sc3c2CCCC3)c1. The van der Waals surface area contributed by atoms with Crippen LogP contribution >= 0.6 is 11.3 Å². The molecule has 0 atom stereocenters. The second-order valence-electron chi connectivity index (χ2n) is 7.91. The molecule has 5 rings (SSSR count). The number of fused-ring (bicyclic) bond motifs is 1. The van der Waals surface area contributed by atoms with Gasteiger partial charge in [-0.1, -0.05) is 12.1 Å². The minimum absolute atomic E-state index is 0.231. The number of aryl methyl sites for hydroxylation is 2. The van der Waals surface area contributed by atoms with Gasteiger partial charge in [0.2, 0.25) is 0 Å². The predicted molar refractivity (Wildman–Crippen MR) is 128 cm³/mol. The Morgan fingerprint density at radius 1 is 1.06 bits per heavy atom. The molecule has 1 aliphatic carbocycles. The molecule has 4 aromatic rings. The van der Waals surface area contributed by atoms with Gasteiger partial charge in [0.15, 0.2) is 5.82 Å².